The number of benzene rings is 1. The van der Waals surface area contributed by atoms with Gasteiger partial charge >= 0.3 is 5.97 Å². The largest absolute Gasteiger partial charge is 0.469 e. The van der Waals surface area contributed by atoms with Crippen molar-refractivity contribution in [3.05, 3.63) is 29.3 Å². The third kappa shape index (κ3) is 4.21. The zero-order valence-electron chi connectivity index (χ0n) is 16.2. The Morgan fingerprint density at radius 2 is 1.75 bits per heavy atom. The molecule has 28 heavy (non-hydrogen) atoms. The number of nitrogens with zero attached hydrogens (tertiary/aromatic N) is 2. The van der Waals surface area contributed by atoms with E-state index in [-0.39, 0.29) is 22.7 Å². The summed E-state index contributed by atoms with van der Waals surface area (Å²) in [6.07, 6.45) is 1.09. The van der Waals surface area contributed by atoms with Gasteiger partial charge in [-0.15, -0.1) is 0 Å². The normalized spacial score (nSPS) is 19.4. The van der Waals surface area contributed by atoms with E-state index in [4.69, 9.17) is 9.47 Å². The molecule has 0 unspecified atom stereocenters. The van der Waals surface area contributed by atoms with E-state index in [1.807, 2.05) is 0 Å². The summed E-state index contributed by atoms with van der Waals surface area (Å²) >= 11 is 0. The van der Waals surface area contributed by atoms with Crippen LogP contribution in [0.3, 0.4) is 0 Å². The van der Waals surface area contributed by atoms with Crippen LogP contribution in [0, 0.1) is 12.8 Å². The maximum atomic E-state index is 13.0. The summed E-state index contributed by atoms with van der Waals surface area (Å²) in [5.41, 5.74) is 0.946. The number of aryl methyl sites for hydroxylation is 1. The highest BCUT2D eigenvalue weighted by atomic mass is 32.2. The highest BCUT2D eigenvalue weighted by Crippen LogP contribution is 2.25. The number of hydrogen-bond acceptors (Lipinski definition) is 6. The molecule has 0 radical (unpaired) electrons. The summed E-state index contributed by atoms with van der Waals surface area (Å²) in [6, 6.07) is 4.79. The number of piperidine rings is 1. The second-order valence-corrected chi connectivity index (χ2v) is 8.99. The van der Waals surface area contributed by atoms with Crippen molar-refractivity contribution in [3.8, 4) is 0 Å². The van der Waals surface area contributed by atoms with E-state index in [0.29, 0.717) is 63.4 Å². The van der Waals surface area contributed by atoms with Gasteiger partial charge in [0.05, 0.1) is 31.1 Å². The first-order valence-corrected chi connectivity index (χ1v) is 10.8. The average Bonchev–Trinajstić information content (AvgIpc) is 2.73. The van der Waals surface area contributed by atoms with Crippen LogP contribution in [0.15, 0.2) is 23.1 Å². The molecule has 2 heterocycles. The molecule has 0 bridgehead atoms. The first-order valence-electron chi connectivity index (χ1n) is 9.40. The molecule has 0 spiro atoms. The number of esters is 1. The van der Waals surface area contributed by atoms with Crippen LogP contribution in [0.4, 0.5) is 0 Å². The number of methoxy groups -OCH3 is 1. The maximum Gasteiger partial charge on any atom is 0.308 e. The number of rotatable bonds is 4. The Morgan fingerprint density at radius 1 is 1.11 bits per heavy atom. The van der Waals surface area contributed by atoms with Crippen LogP contribution in [-0.2, 0) is 24.3 Å². The Labute approximate surface area is 165 Å². The van der Waals surface area contributed by atoms with Gasteiger partial charge in [0.1, 0.15) is 0 Å². The minimum atomic E-state index is -3.68. The van der Waals surface area contributed by atoms with E-state index in [9.17, 15) is 18.0 Å². The molecule has 1 aromatic carbocycles. The van der Waals surface area contributed by atoms with E-state index >= 15 is 0 Å². The lowest BCUT2D eigenvalue weighted by molar-refractivity contribution is -0.146. The van der Waals surface area contributed by atoms with Gasteiger partial charge in [0.15, 0.2) is 0 Å². The van der Waals surface area contributed by atoms with Crippen molar-refractivity contribution < 1.29 is 27.5 Å². The van der Waals surface area contributed by atoms with Crippen molar-refractivity contribution in [3.63, 3.8) is 0 Å². The Bertz CT molecular complexity index is 840. The van der Waals surface area contributed by atoms with Crippen LogP contribution in [0.1, 0.15) is 28.8 Å². The van der Waals surface area contributed by atoms with E-state index in [2.05, 4.69) is 0 Å². The highest BCUT2D eigenvalue weighted by Gasteiger charge is 2.31. The lowest BCUT2D eigenvalue weighted by Crippen LogP contribution is -2.41. The standard InChI is InChI=1S/C19H26N2O6S/c1-14-3-4-16(13-17(14)28(24,25)21-9-11-27-12-10-21)18(22)20-7-5-15(6-8-20)19(23)26-2/h3-4,13,15H,5-12H2,1-2H3. The first-order chi connectivity index (χ1) is 13.3. The van der Waals surface area contributed by atoms with Crippen molar-refractivity contribution in [2.45, 2.75) is 24.7 Å². The van der Waals surface area contributed by atoms with Crippen molar-refractivity contribution in [1.82, 2.24) is 9.21 Å². The molecular formula is C19H26N2O6S. The summed E-state index contributed by atoms with van der Waals surface area (Å²) in [4.78, 5) is 26.4. The second kappa shape index (κ2) is 8.59. The van der Waals surface area contributed by atoms with Gasteiger partial charge in [-0.1, -0.05) is 6.07 Å². The van der Waals surface area contributed by atoms with Gasteiger partial charge in [-0.05, 0) is 37.5 Å². The molecule has 2 aliphatic heterocycles. The van der Waals surface area contributed by atoms with Crippen molar-refractivity contribution in [1.29, 1.82) is 0 Å². The number of morpholine rings is 1. The lowest BCUT2D eigenvalue weighted by atomic mass is 9.96. The molecular weight excluding hydrogens is 384 g/mol. The summed E-state index contributed by atoms with van der Waals surface area (Å²) in [5.74, 6) is -0.660. The van der Waals surface area contributed by atoms with Crippen LogP contribution >= 0.6 is 0 Å². The Hall–Kier alpha value is -1.97. The fraction of sp³-hybridized carbons (Fsp3) is 0.579. The van der Waals surface area contributed by atoms with Crippen molar-refractivity contribution >= 4 is 21.9 Å². The van der Waals surface area contributed by atoms with Crippen LogP contribution in [-0.4, -0.2) is 76.0 Å². The zero-order valence-corrected chi connectivity index (χ0v) is 17.0. The molecule has 1 amide bonds. The van der Waals surface area contributed by atoms with E-state index < -0.39 is 10.0 Å². The lowest BCUT2D eigenvalue weighted by Gasteiger charge is -2.31. The van der Waals surface area contributed by atoms with Gasteiger partial charge in [0.2, 0.25) is 10.0 Å². The molecule has 0 atom stereocenters. The maximum absolute atomic E-state index is 13.0. The molecule has 0 aliphatic carbocycles. The molecule has 0 saturated carbocycles. The molecule has 2 fully saturated rings. The molecule has 9 heteroatoms. The van der Waals surface area contributed by atoms with Crippen molar-refractivity contribution in [2.75, 3.05) is 46.5 Å². The number of amides is 1. The van der Waals surface area contributed by atoms with E-state index in [1.165, 1.54) is 17.5 Å². The van der Waals surface area contributed by atoms with Crippen LogP contribution in [0.2, 0.25) is 0 Å². The van der Waals surface area contributed by atoms with Gasteiger partial charge < -0.3 is 14.4 Å². The smallest absolute Gasteiger partial charge is 0.308 e. The molecule has 2 aliphatic rings. The predicted molar refractivity (Wildman–Crippen MR) is 101 cm³/mol. The van der Waals surface area contributed by atoms with Crippen LogP contribution < -0.4 is 0 Å². The molecule has 154 valence electrons. The number of carbonyl (C=O) groups is 2. The Morgan fingerprint density at radius 3 is 2.36 bits per heavy atom. The number of carbonyl (C=O) groups excluding carboxylic acids is 2. The monoisotopic (exact) mass is 410 g/mol. The fourth-order valence-corrected chi connectivity index (χ4v) is 5.26. The Kier molecular flexibility index (Phi) is 6.36. The number of hydrogen-bond donors (Lipinski definition) is 0. The quantitative estimate of drug-likeness (QED) is 0.689. The third-order valence-corrected chi connectivity index (χ3v) is 7.38. The minimum absolute atomic E-state index is 0.157. The summed E-state index contributed by atoms with van der Waals surface area (Å²) in [6.45, 7) is 3.96. The van der Waals surface area contributed by atoms with Crippen LogP contribution in [0.5, 0.6) is 0 Å². The Balaban J connectivity index is 1.78. The molecule has 8 nitrogen and oxygen atoms in total. The molecule has 3 rings (SSSR count). The van der Waals surface area contributed by atoms with Gasteiger partial charge in [0.25, 0.3) is 5.91 Å². The third-order valence-electron chi connectivity index (χ3n) is 5.34. The number of ether oxygens (including phenoxy) is 2. The number of sulfonamides is 1. The van der Waals surface area contributed by atoms with Crippen LogP contribution in [0.25, 0.3) is 0 Å². The summed E-state index contributed by atoms with van der Waals surface area (Å²) < 4.78 is 37.4. The van der Waals surface area contributed by atoms with Gasteiger partial charge in [-0.2, -0.15) is 4.31 Å². The van der Waals surface area contributed by atoms with Gasteiger partial charge in [-0.3, -0.25) is 9.59 Å². The molecule has 2 saturated heterocycles. The SMILES string of the molecule is COC(=O)C1CCN(C(=O)c2ccc(C)c(S(=O)(=O)N3CCOCC3)c2)CC1. The molecule has 0 N–H and O–H groups in total. The molecule has 1 aromatic rings. The van der Waals surface area contributed by atoms with Gasteiger partial charge in [-0.25, -0.2) is 8.42 Å². The van der Waals surface area contributed by atoms with E-state index in [1.54, 1.807) is 24.0 Å². The molecule has 0 aromatic heterocycles. The summed E-state index contributed by atoms with van der Waals surface area (Å²) in [5, 5.41) is 0. The zero-order chi connectivity index (χ0) is 20.3. The van der Waals surface area contributed by atoms with E-state index in [0.717, 1.165) is 0 Å². The van der Waals surface area contributed by atoms with Gasteiger partial charge in [0, 0.05) is 31.7 Å². The second-order valence-electron chi connectivity index (χ2n) is 7.09. The average molecular weight is 410 g/mol. The fourth-order valence-electron chi connectivity index (χ4n) is 3.60. The minimum Gasteiger partial charge on any atom is -0.469 e. The first kappa shape index (κ1) is 20.8. The number of likely N-dealkylation sites (tertiary alicyclic amines) is 1. The summed E-state index contributed by atoms with van der Waals surface area (Å²) in [7, 11) is -2.32. The predicted octanol–water partition coefficient (Wildman–Crippen LogP) is 1.04. The van der Waals surface area contributed by atoms with Crippen molar-refractivity contribution in [2.24, 2.45) is 5.92 Å². The highest BCUT2D eigenvalue weighted by molar-refractivity contribution is 7.89. The topological polar surface area (TPSA) is 93.2 Å².